The number of hydrogen-bond donors (Lipinski definition) is 1. The number of ether oxygens (including phenoxy) is 2. The lowest BCUT2D eigenvalue weighted by Gasteiger charge is -2.22. The number of nitrogens with one attached hydrogen (secondary N) is 1. The maximum Gasteiger partial charge on any atom is 0.318 e. The van der Waals surface area contributed by atoms with E-state index < -0.39 is 5.82 Å². The highest BCUT2D eigenvalue weighted by atomic mass is 19.1. The number of pyridine rings is 2. The maximum atomic E-state index is 14.1. The molecule has 1 saturated heterocycles. The molecule has 0 spiro atoms. The van der Waals surface area contributed by atoms with Crippen LogP contribution in [0.3, 0.4) is 0 Å². The molecule has 0 saturated carbocycles. The van der Waals surface area contributed by atoms with Gasteiger partial charge in [-0.15, -0.1) is 0 Å². The molecular weight excluding hydrogens is 461 g/mol. The van der Waals surface area contributed by atoms with Crippen LogP contribution in [0, 0.1) is 18.7 Å². The van der Waals surface area contributed by atoms with Crippen molar-refractivity contribution >= 4 is 11.2 Å². The molecule has 4 aromatic heterocycles. The smallest absolute Gasteiger partial charge is 0.318 e. The molecule has 0 amide bonds. The number of aryl methyl sites for hydroxylation is 1. The van der Waals surface area contributed by atoms with Crippen LogP contribution in [-0.4, -0.2) is 56.3 Å². The second-order valence-electron chi connectivity index (χ2n) is 9.00. The van der Waals surface area contributed by atoms with Crippen molar-refractivity contribution in [1.82, 2.24) is 34.8 Å². The first kappa shape index (κ1) is 24.1. The molecule has 0 atom stereocenters. The largest absolute Gasteiger partial charge is 0.496 e. The topological polar surface area (TPSA) is 99.9 Å². The monoisotopic (exact) mass is 491 g/mol. The summed E-state index contributed by atoms with van der Waals surface area (Å²) in [6.07, 6.45) is 7.84. The zero-order chi connectivity index (χ0) is 25.1. The van der Waals surface area contributed by atoms with Crippen molar-refractivity contribution in [1.29, 1.82) is 0 Å². The number of nitrogens with zero attached hydrogens (tertiary/aromatic N) is 6. The number of methoxy groups -OCH3 is 1. The van der Waals surface area contributed by atoms with E-state index in [9.17, 15) is 4.39 Å². The molecule has 10 heteroatoms. The molecule has 1 N–H and O–H groups in total. The summed E-state index contributed by atoms with van der Waals surface area (Å²) in [6.45, 7) is 6.65. The van der Waals surface area contributed by atoms with Gasteiger partial charge in [0, 0.05) is 35.3 Å². The van der Waals surface area contributed by atoms with Gasteiger partial charge in [-0.2, -0.15) is 9.97 Å². The van der Waals surface area contributed by atoms with Crippen molar-refractivity contribution in [3.05, 3.63) is 53.5 Å². The summed E-state index contributed by atoms with van der Waals surface area (Å²) in [5.41, 5.74) is 4.31. The number of piperidine rings is 1. The van der Waals surface area contributed by atoms with Gasteiger partial charge in [0.05, 0.1) is 32.2 Å². The molecule has 5 rings (SSSR count). The average Bonchev–Trinajstić information content (AvgIpc) is 3.24. The van der Waals surface area contributed by atoms with Gasteiger partial charge in [-0.1, -0.05) is 0 Å². The Kier molecular flexibility index (Phi) is 7.04. The third kappa shape index (κ3) is 4.99. The third-order valence-corrected chi connectivity index (χ3v) is 6.49. The average molecular weight is 492 g/mol. The van der Waals surface area contributed by atoms with Crippen LogP contribution in [0.15, 0.2) is 30.7 Å². The van der Waals surface area contributed by atoms with Crippen molar-refractivity contribution in [2.24, 2.45) is 5.92 Å². The van der Waals surface area contributed by atoms with E-state index in [1.807, 2.05) is 30.7 Å². The van der Waals surface area contributed by atoms with E-state index in [4.69, 9.17) is 19.4 Å². The van der Waals surface area contributed by atoms with E-state index in [1.165, 1.54) is 12.3 Å². The van der Waals surface area contributed by atoms with Crippen molar-refractivity contribution in [2.75, 3.05) is 26.8 Å². The summed E-state index contributed by atoms with van der Waals surface area (Å²) < 4.78 is 27.4. The minimum atomic E-state index is -0.439. The molecule has 9 nitrogen and oxygen atoms in total. The fourth-order valence-corrected chi connectivity index (χ4v) is 4.69. The summed E-state index contributed by atoms with van der Waals surface area (Å²) in [6, 6.07) is 3.70. The molecule has 0 aliphatic carbocycles. The third-order valence-electron chi connectivity index (χ3n) is 6.49. The number of fused-ring (bicyclic) bond motifs is 1. The Morgan fingerprint density at radius 2 is 1.94 bits per heavy atom. The van der Waals surface area contributed by atoms with Gasteiger partial charge in [0.15, 0.2) is 5.65 Å². The van der Waals surface area contributed by atoms with Gasteiger partial charge in [-0.25, -0.2) is 9.37 Å². The van der Waals surface area contributed by atoms with Crippen LogP contribution >= 0.6 is 0 Å². The highest BCUT2D eigenvalue weighted by Crippen LogP contribution is 2.30. The maximum absolute atomic E-state index is 14.1. The number of imidazole rings is 1. The van der Waals surface area contributed by atoms with E-state index in [1.54, 1.807) is 13.3 Å². The van der Waals surface area contributed by atoms with Gasteiger partial charge in [0.2, 0.25) is 0 Å². The van der Waals surface area contributed by atoms with Crippen LogP contribution in [0.2, 0.25) is 0 Å². The van der Waals surface area contributed by atoms with Gasteiger partial charge < -0.3 is 19.4 Å². The van der Waals surface area contributed by atoms with Gasteiger partial charge in [0.1, 0.15) is 22.9 Å². The van der Waals surface area contributed by atoms with Crippen molar-refractivity contribution < 1.29 is 13.9 Å². The lowest BCUT2D eigenvalue weighted by atomic mass is 9.93. The molecule has 188 valence electrons. The second kappa shape index (κ2) is 10.5. The summed E-state index contributed by atoms with van der Waals surface area (Å²) in [7, 11) is 1.66. The van der Waals surface area contributed by atoms with Gasteiger partial charge in [-0.05, 0) is 58.2 Å². The fraction of sp³-hybridized carbons (Fsp3) is 0.423. The predicted octanol–water partition coefficient (Wildman–Crippen LogP) is 3.73. The standard InChI is InChI=1S/C26H30FN7O2/c1-4-36-26-31-16(2)23-25(33-26)34(24(32-23)18-10-20(27)14-29-12-18)15-19-13-30-21(11-22(19)35-3)9-17-5-7-28-8-6-17/h10-14,17,28H,4-9,15H2,1-3H3. The van der Waals surface area contributed by atoms with Gasteiger partial charge in [-0.3, -0.25) is 9.97 Å². The molecule has 1 fully saturated rings. The summed E-state index contributed by atoms with van der Waals surface area (Å²) >= 11 is 0. The van der Waals surface area contributed by atoms with E-state index >= 15 is 0 Å². The Labute approximate surface area is 209 Å². The quantitative estimate of drug-likeness (QED) is 0.398. The van der Waals surface area contributed by atoms with Crippen LogP contribution in [0.5, 0.6) is 11.8 Å². The van der Waals surface area contributed by atoms with Crippen molar-refractivity contribution in [3.8, 4) is 23.1 Å². The minimum absolute atomic E-state index is 0.273. The predicted molar refractivity (Wildman–Crippen MR) is 134 cm³/mol. The Bertz CT molecular complexity index is 1370. The SMILES string of the molecule is CCOc1nc(C)c2nc(-c3cncc(F)c3)n(Cc3cnc(CC4CCNCC4)cc3OC)c2n1. The minimum Gasteiger partial charge on any atom is -0.496 e. The Morgan fingerprint density at radius 1 is 1.11 bits per heavy atom. The highest BCUT2D eigenvalue weighted by molar-refractivity contribution is 5.79. The van der Waals surface area contributed by atoms with E-state index in [0.29, 0.717) is 47.3 Å². The van der Waals surface area contributed by atoms with Crippen molar-refractivity contribution in [2.45, 2.75) is 39.7 Å². The second-order valence-corrected chi connectivity index (χ2v) is 9.00. The molecule has 5 heterocycles. The number of halogens is 1. The molecule has 4 aromatic rings. The Morgan fingerprint density at radius 3 is 2.69 bits per heavy atom. The lowest BCUT2D eigenvalue weighted by molar-refractivity contribution is 0.313. The summed E-state index contributed by atoms with van der Waals surface area (Å²) in [4.78, 5) is 22.6. The van der Waals surface area contributed by atoms with Crippen LogP contribution in [-0.2, 0) is 13.0 Å². The molecular formula is C26H30FN7O2. The fourth-order valence-electron chi connectivity index (χ4n) is 4.69. The van der Waals surface area contributed by atoms with E-state index in [0.717, 1.165) is 49.4 Å². The number of rotatable bonds is 8. The van der Waals surface area contributed by atoms with E-state index in [2.05, 4.69) is 20.3 Å². The molecule has 0 unspecified atom stereocenters. The molecule has 1 aliphatic heterocycles. The Balaban J connectivity index is 1.57. The molecule has 36 heavy (non-hydrogen) atoms. The van der Waals surface area contributed by atoms with Crippen molar-refractivity contribution in [3.63, 3.8) is 0 Å². The zero-order valence-corrected chi connectivity index (χ0v) is 20.8. The van der Waals surface area contributed by atoms with E-state index in [-0.39, 0.29) is 6.01 Å². The summed E-state index contributed by atoms with van der Waals surface area (Å²) in [5.74, 6) is 1.46. The number of hydrogen-bond acceptors (Lipinski definition) is 8. The zero-order valence-electron chi connectivity index (χ0n) is 20.8. The van der Waals surface area contributed by atoms with Crippen LogP contribution < -0.4 is 14.8 Å². The summed E-state index contributed by atoms with van der Waals surface area (Å²) in [5, 5.41) is 3.41. The van der Waals surface area contributed by atoms with Gasteiger partial charge >= 0.3 is 6.01 Å². The van der Waals surface area contributed by atoms with Crippen LogP contribution in [0.4, 0.5) is 4.39 Å². The molecule has 0 aromatic carbocycles. The Hall–Kier alpha value is -3.66. The molecule has 0 bridgehead atoms. The van der Waals surface area contributed by atoms with Crippen LogP contribution in [0.1, 0.15) is 36.7 Å². The highest BCUT2D eigenvalue weighted by Gasteiger charge is 2.21. The lowest BCUT2D eigenvalue weighted by Crippen LogP contribution is -2.28. The normalized spacial score (nSPS) is 14.3. The van der Waals surface area contributed by atoms with Gasteiger partial charge in [0.25, 0.3) is 0 Å². The molecule has 0 radical (unpaired) electrons. The van der Waals surface area contributed by atoms with Crippen LogP contribution in [0.25, 0.3) is 22.6 Å². The molecule has 1 aliphatic rings. The first-order valence-electron chi connectivity index (χ1n) is 12.3. The number of aromatic nitrogens is 6. The first-order chi connectivity index (χ1) is 17.6. The first-order valence-corrected chi connectivity index (χ1v) is 12.3.